The number of hydrogen-bond donors (Lipinski definition) is 2. The van der Waals surface area contributed by atoms with Crippen molar-refractivity contribution in [2.75, 3.05) is 5.73 Å². The predicted molar refractivity (Wildman–Crippen MR) is 56.6 cm³/mol. The van der Waals surface area contributed by atoms with Crippen LogP contribution in [-0.4, -0.2) is 17.8 Å². The first-order valence-corrected chi connectivity index (χ1v) is 4.13. The van der Waals surface area contributed by atoms with Crippen molar-refractivity contribution >= 4 is 19.3 Å². The van der Waals surface area contributed by atoms with Crippen LogP contribution in [0.2, 0.25) is 0 Å². The minimum atomic E-state index is 0.455. The molecule has 2 aromatic rings. The van der Waals surface area contributed by atoms with Gasteiger partial charge in [0.25, 0.3) is 0 Å². The van der Waals surface area contributed by atoms with Crippen molar-refractivity contribution in [3.05, 3.63) is 30.5 Å². The number of anilines is 1. The van der Waals surface area contributed by atoms with Crippen molar-refractivity contribution < 1.29 is 0 Å². The second-order valence-corrected chi connectivity index (χ2v) is 3.04. The number of hydrogen-bond acceptors (Lipinski definition) is 2. The lowest BCUT2D eigenvalue weighted by Gasteiger charge is -1.96. The molecule has 0 saturated heterocycles. The third-order valence-electron chi connectivity index (χ3n) is 1.91. The molecule has 0 amide bonds. The molecule has 0 saturated carbocycles. The molecule has 0 aliphatic rings. The summed E-state index contributed by atoms with van der Waals surface area (Å²) < 4.78 is 0. The summed E-state index contributed by atoms with van der Waals surface area (Å²) in [7, 11) is 2.06. The van der Waals surface area contributed by atoms with Gasteiger partial charge in [-0.05, 0) is 0 Å². The summed E-state index contributed by atoms with van der Waals surface area (Å²) in [5.41, 5.74) is 8.69. The number of nitrogens with two attached hydrogens (primary N) is 1. The summed E-state index contributed by atoms with van der Waals surface area (Å²) in [4.78, 5) is 7.00. The summed E-state index contributed by atoms with van der Waals surface area (Å²) in [6, 6.07) is 8.16. The fraction of sp³-hybridized carbons (Fsp3) is 0. The molecule has 1 aromatic heterocycles. The average molecular weight is 171 g/mol. The lowest BCUT2D eigenvalue weighted by Crippen LogP contribution is -2.00. The van der Waals surface area contributed by atoms with Gasteiger partial charge >= 0.3 is 0 Å². The zero-order valence-corrected chi connectivity index (χ0v) is 7.41. The Labute approximate surface area is 77.4 Å². The maximum absolute atomic E-state index is 5.49. The van der Waals surface area contributed by atoms with Crippen LogP contribution in [0.1, 0.15) is 0 Å². The summed E-state index contributed by atoms with van der Waals surface area (Å²) in [5.74, 6) is 0.455. The molecule has 0 radical (unpaired) electrons. The van der Waals surface area contributed by atoms with E-state index in [1.807, 2.05) is 18.3 Å². The van der Waals surface area contributed by atoms with Crippen molar-refractivity contribution in [1.29, 1.82) is 0 Å². The van der Waals surface area contributed by atoms with Gasteiger partial charge in [0.2, 0.25) is 0 Å². The van der Waals surface area contributed by atoms with E-state index in [1.54, 1.807) is 0 Å². The molecule has 1 aromatic carbocycles. The van der Waals surface area contributed by atoms with Crippen LogP contribution in [0.4, 0.5) is 5.95 Å². The van der Waals surface area contributed by atoms with Crippen molar-refractivity contribution in [1.82, 2.24) is 9.97 Å². The molecule has 0 atom stereocenters. The number of aromatic amines is 1. The fourth-order valence-corrected chi connectivity index (χ4v) is 1.29. The third kappa shape index (κ3) is 1.56. The highest BCUT2D eigenvalue weighted by molar-refractivity contribution is 6.32. The van der Waals surface area contributed by atoms with E-state index in [9.17, 15) is 0 Å². The van der Waals surface area contributed by atoms with Gasteiger partial charge in [0.15, 0.2) is 5.95 Å². The molecule has 0 aliphatic heterocycles. The van der Waals surface area contributed by atoms with Gasteiger partial charge in [0.05, 0.1) is 5.69 Å². The van der Waals surface area contributed by atoms with Crippen LogP contribution in [0.3, 0.4) is 0 Å². The molecule has 0 spiro atoms. The largest absolute Gasteiger partial charge is 0.369 e. The van der Waals surface area contributed by atoms with Crippen LogP contribution in [0, 0.1) is 0 Å². The van der Waals surface area contributed by atoms with Crippen LogP contribution in [0.5, 0.6) is 0 Å². The summed E-state index contributed by atoms with van der Waals surface area (Å²) in [6.45, 7) is 0. The molecule has 0 unspecified atom stereocenters. The molecule has 4 heteroatoms. The lowest BCUT2D eigenvalue weighted by molar-refractivity contribution is 1.33. The van der Waals surface area contributed by atoms with Crippen molar-refractivity contribution in [2.45, 2.75) is 0 Å². The van der Waals surface area contributed by atoms with E-state index in [2.05, 4.69) is 29.9 Å². The Morgan fingerprint density at radius 2 is 2.23 bits per heavy atom. The molecule has 64 valence electrons. The fourth-order valence-electron chi connectivity index (χ4n) is 1.29. The molecule has 0 aliphatic carbocycles. The lowest BCUT2D eigenvalue weighted by atomic mass is 9.94. The van der Waals surface area contributed by atoms with E-state index < -0.39 is 0 Å². The van der Waals surface area contributed by atoms with E-state index in [0.717, 1.165) is 11.3 Å². The van der Waals surface area contributed by atoms with Gasteiger partial charge in [0.1, 0.15) is 7.85 Å². The Kier molecular flexibility index (Phi) is 1.81. The molecule has 0 fully saturated rings. The Morgan fingerprint density at radius 1 is 1.38 bits per heavy atom. The van der Waals surface area contributed by atoms with Crippen molar-refractivity contribution in [3.8, 4) is 11.3 Å². The molecule has 13 heavy (non-hydrogen) atoms. The monoisotopic (exact) mass is 171 g/mol. The zero-order valence-electron chi connectivity index (χ0n) is 7.41. The number of H-pyrrole nitrogens is 1. The van der Waals surface area contributed by atoms with Gasteiger partial charge in [-0.15, -0.1) is 0 Å². The van der Waals surface area contributed by atoms with Gasteiger partial charge in [-0.1, -0.05) is 29.7 Å². The van der Waals surface area contributed by atoms with Crippen LogP contribution in [0.15, 0.2) is 30.5 Å². The predicted octanol–water partition coefficient (Wildman–Crippen LogP) is -0.0827. The number of nitrogen functional groups attached to an aromatic ring is 1. The number of aromatic nitrogens is 2. The third-order valence-corrected chi connectivity index (χ3v) is 1.91. The smallest absolute Gasteiger partial charge is 0.198 e. The highest BCUT2D eigenvalue weighted by Gasteiger charge is 2.00. The molecular formula is C9H10BN3. The molecule has 3 nitrogen and oxygen atoms in total. The Balaban J connectivity index is 2.46. The Morgan fingerprint density at radius 3 is 2.85 bits per heavy atom. The minimum Gasteiger partial charge on any atom is -0.369 e. The van der Waals surface area contributed by atoms with Gasteiger partial charge in [-0.2, -0.15) is 0 Å². The first-order valence-electron chi connectivity index (χ1n) is 4.13. The van der Waals surface area contributed by atoms with Gasteiger partial charge < -0.3 is 10.7 Å². The summed E-state index contributed by atoms with van der Waals surface area (Å²) >= 11 is 0. The highest BCUT2D eigenvalue weighted by Crippen LogP contribution is 2.15. The van der Waals surface area contributed by atoms with Crippen LogP contribution >= 0.6 is 0 Å². The van der Waals surface area contributed by atoms with Gasteiger partial charge in [0, 0.05) is 11.8 Å². The molecule has 0 bridgehead atoms. The van der Waals surface area contributed by atoms with E-state index in [1.165, 1.54) is 5.46 Å². The van der Waals surface area contributed by atoms with E-state index in [4.69, 9.17) is 5.73 Å². The van der Waals surface area contributed by atoms with Crippen molar-refractivity contribution in [2.24, 2.45) is 0 Å². The molecular weight excluding hydrogens is 161 g/mol. The minimum absolute atomic E-state index is 0.455. The molecule has 1 heterocycles. The van der Waals surface area contributed by atoms with Crippen LogP contribution < -0.4 is 11.2 Å². The molecule has 3 N–H and O–H groups in total. The van der Waals surface area contributed by atoms with Gasteiger partial charge in [-0.3, -0.25) is 0 Å². The zero-order chi connectivity index (χ0) is 9.26. The number of nitrogens with one attached hydrogen (secondary N) is 1. The summed E-state index contributed by atoms with van der Waals surface area (Å²) in [6.07, 6.45) is 1.81. The maximum atomic E-state index is 5.49. The highest BCUT2D eigenvalue weighted by atomic mass is 15.0. The average Bonchev–Trinajstić information content (AvgIpc) is 2.52. The van der Waals surface area contributed by atoms with E-state index in [0.29, 0.717) is 5.95 Å². The standard InChI is InChI=1S/C9H10BN3/c10-7-3-1-2-6(4-7)8-5-12-9(11)13-8/h1-5H,10H2,(H3,11,12,13). The van der Waals surface area contributed by atoms with E-state index in [-0.39, 0.29) is 0 Å². The normalized spacial score (nSPS) is 10.2. The molecule has 2 rings (SSSR count). The first kappa shape index (κ1) is 7.92. The number of rotatable bonds is 1. The van der Waals surface area contributed by atoms with Crippen LogP contribution in [-0.2, 0) is 0 Å². The first-order chi connectivity index (χ1) is 6.25. The van der Waals surface area contributed by atoms with Gasteiger partial charge in [-0.25, -0.2) is 4.98 Å². The maximum Gasteiger partial charge on any atom is 0.198 e. The van der Waals surface area contributed by atoms with E-state index >= 15 is 0 Å². The second kappa shape index (κ2) is 2.97. The van der Waals surface area contributed by atoms with Crippen LogP contribution in [0.25, 0.3) is 11.3 Å². The summed E-state index contributed by atoms with van der Waals surface area (Å²) in [5, 5.41) is 0. The Hall–Kier alpha value is -1.71. The number of nitrogens with zero attached hydrogens (tertiary/aromatic N) is 1. The SMILES string of the molecule is Bc1cccc(-c2c[nH]c(N)n2)c1. The topological polar surface area (TPSA) is 54.7 Å². The van der Waals surface area contributed by atoms with Crippen molar-refractivity contribution in [3.63, 3.8) is 0 Å². The Bertz CT molecular complexity index is 422. The number of benzene rings is 1. The number of imidazole rings is 1. The second-order valence-electron chi connectivity index (χ2n) is 3.04. The quantitative estimate of drug-likeness (QED) is 0.589.